The van der Waals surface area contributed by atoms with Crippen LogP contribution in [-0.4, -0.2) is 29.7 Å². The number of rotatable bonds is 7. The normalized spacial score (nSPS) is 14.8. The fourth-order valence-electron chi connectivity index (χ4n) is 1.77. The van der Waals surface area contributed by atoms with E-state index in [-0.39, 0.29) is 23.8 Å². The van der Waals surface area contributed by atoms with Crippen LogP contribution in [0.1, 0.15) is 31.9 Å². The summed E-state index contributed by atoms with van der Waals surface area (Å²) in [5.74, 6) is -11.4. The number of aliphatic hydroxyl groups is 1. The minimum atomic E-state index is -6.42. The lowest BCUT2D eigenvalue weighted by molar-refractivity contribution is -0.358. The van der Waals surface area contributed by atoms with Crippen molar-refractivity contribution >= 4 is 0 Å². The molecule has 0 bridgehead atoms. The third kappa shape index (κ3) is 4.75. The van der Waals surface area contributed by atoms with Crippen LogP contribution in [0.15, 0.2) is 24.3 Å². The minimum absolute atomic E-state index is 0.147. The Hall–Kier alpha value is -1.51. The second-order valence-electron chi connectivity index (χ2n) is 5.77. The molecule has 2 nitrogen and oxygen atoms in total. The highest BCUT2D eigenvalue weighted by Gasteiger charge is 2.72. The van der Waals surface area contributed by atoms with Gasteiger partial charge in [0.1, 0.15) is 5.75 Å². The first-order valence-electron chi connectivity index (χ1n) is 7.01. The molecule has 0 aliphatic carbocycles. The maximum Gasteiger partial charge on any atom is 0.459 e. The van der Waals surface area contributed by atoms with Crippen LogP contribution in [0.4, 0.5) is 30.7 Å². The zero-order chi connectivity index (χ0) is 18.8. The van der Waals surface area contributed by atoms with Crippen LogP contribution in [-0.2, 0) is 0 Å². The van der Waals surface area contributed by atoms with Gasteiger partial charge in [-0.15, -0.1) is 0 Å². The van der Waals surface area contributed by atoms with Crippen LogP contribution >= 0.6 is 0 Å². The lowest BCUT2D eigenvalue weighted by Crippen LogP contribution is -2.52. The van der Waals surface area contributed by atoms with Gasteiger partial charge in [0.05, 0.1) is 12.7 Å². The fourth-order valence-corrected chi connectivity index (χ4v) is 1.77. The van der Waals surface area contributed by atoms with E-state index in [4.69, 9.17) is 4.74 Å². The molecule has 0 saturated heterocycles. The molecule has 9 heteroatoms. The molecule has 1 aromatic rings. The predicted molar refractivity (Wildman–Crippen MR) is 72.3 cm³/mol. The molecule has 1 rings (SSSR count). The summed E-state index contributed by atoms with van der Waals surface area (Å²) in [5.41, 5.74) is -0.242. The average molecular weight is 362 g/mol. The lowest BCUT2D eigenvalue weighted by atomic mass is 9.98. The van der Waals surface area contributed by atoms with Crippen LogP contribution in [0, 0.1) is 5.92 Å². The van der Waals surface area contributed by atoms with Crippen molar-refractivity contribution in [3.63, 3.8) is 0 Å². The topological polar surface area (TPSA) is 29.5 Å². The number of benzene rings is 1. The third-order valence-corrected chi connectivity index (χ3v) is 3.09. The van der Waals surface area contributed by atoms with Gasteiger partial charge in [-0.2, -0.15) is 30.7 Å². The van der Waals surface area contributed by atoms with Crippen molar-refractivity contribution in [1.82, 2.24) is 0 Å². The molecule has 0 saturated carbocycles. The minimum Gasteiger partial charge on any atom is -0.493 e. The first-order chi connectivity index (χ1) is 10.8. The lowest BCUT2D eigenvalue weighted by Gasteiger charge is -2.29. The molecule has 1 unspecified atom stereocenters. The molecule has 0 aliphatic heterocycles. The SMILES string of the molecule is CC(C)COc1cccc(C(O)CC(F)(F)C(F)(F)C(F)(F)F)c1. The van der Waals surface area contributed by atoms with Crippen LogP contribution < -0.4 is 4.74 Å². The molecule has 1 N–H and O–H groups in total. The van der Waals surface area contributed by atoms with Crippen molar-refractivity contribution < 1.29 is 40.6 Å². The van der Waals surface area contributed by atoms with E-state index >= 15 is 0 Å². The second-order valence-corrected chi connectivity index (χ2v) is 5.77. The summed E-state index contributed by atoms with van der Waals surface area (Å²) < 4.78 is 93.9. The molecule has 0 heterocycles. The monoisotopic (exact) mass is 362 g/mol. The number of halogens is 7. The Kier molecular flexibility index (Phi) is 6.13. The van der Waals surface area contributed by atoms with Crippen LogP contribution in [0.2, 0.25) is 0 Å². The fraction of sp³-hybridized carbons (Fsp3) is 0.600. The highest BCUT2D eigenvalue weighted by molar-refractivity contribution is 5.30. The van der Waals surface area contributed by atoms with Crippen LogP contribution in [0.25, 0.3) is 0 Å². The number of hydrogen-bond donors (Lipinski definition) is 1. The van der Waals surface area contributed by atoms with Crippen molar-refractivity contribution in [2.24, 2.45) is 5.92 Å². The molecule has 0 spiro atoms. The molecular formula is C15H17F7O2. The Morgan fingerprint density at radius 3 is 2.12 bits per heavy atom. The Bertz CT molecular complexity index is 541. The molecule has 0 amide bonds. The van der Waals surface area contributed by atoms with Gasteiger partial charge in [0, 0.05) is 6.42 Å². The molecule has 0 radical (unpaired) electrons. The van der Waals surface area contributed by atoms with E-state index in [0.717, 1.165) is 12.1 Å². The van der Waals surface area contributed by atoms with Gasteiger partial charge in [0.25, 0.3) is 0 Å². The van der Waals surface area contributed by atoms with E-state index in [1.165, 1.54) is 12.1 Å². The largest absolute Gasteiger partial charge is 0.493 e. The summed E-state index contributed by atoms with van der Waals surface area (Å²) in [6, 6.07) is 5.01. The Morgan fingerprint density at radius 2 is 1.62 bits per heavy atom. The summed E-state index contributed by atoms with van der Waals surface area (Å²) in [5, 5.41) is 9.65. The Morgan fingerprint density at radius 1 is 1.04 bits per heavy atom. The van der Waals surface area contributed by atoms with Gasteiger partial charge in [-0.25, -0.2) is 0 Å². The molecule has 24 heavy (non-hydrogen) atoms. The molecular weight excluding hydrogens is 345 g/mol. The number of hydrogen-bond acceptors (Lipinski definition) is 2. The van der Waals surface area contributed by atoms with E-state index in [9.17, 15) is 35.8 Å². The van der Waals surface area contributed by atoms with Crippen LogP contribution in [0.3, 0.4) is 0 Å². The third-order valence-electron chi connectivity index (χ3n) is 3.09. The van der Waals surface area contributed by atoms with E-state index in [1.54, 1.807) is 0 Å². The molecule has 0 fully saturated rings. The van der Waals surface area contributed by atoms with E-state index < -0.39 is 30.5 Å². The zero-order valence-corrected chi connectivity index (χ0v) is 12.9. The molecule has 0 aliphatic rings. The summed E-state index contributed by atoms with van der Waals surface area (Å²) in [6.45, 7) is 3.97. The van der Waals surface area contributed by atoms with Gasteiger partial charge in [-0.05, 0) is 23.6 Å². The molecule has 1 aromatic carbocycles. The zero-order valence-electron chi connectivity index (χ0n) is 12.9. The first-order valence-corrected chi connectivity index (χ1v) is 7.01. The van der Waals surface area contributed by atoms with Crippen molar-refractivity contribution in [3.05, 3.63) is 29.8 Å². The Labute approximate surface area is 134 Å². The number of ether oxygens (including phenoxy) is 1. The number of alkyl halides is 7. The molecule has 138 valence electrons. The van der Waals surface area contributed by atoms with Crippen molar-refractivity contribution in [1.29, 1.82) is 0 Å². The first kappa shape index (κ1) is 20.5. The van der Waals surface area contributed by atoms with Crippen molar-refractivity contribution in [3.8, 4) is 5.75 Å². The smallest absolute Gasteiger partial charge is 0.459 e. The summed E-state index contributed by atoms with van der Waals surface area (Å²) >= 11 is 0. The van der Waals surface area contributed by atoms with Gasteiger partial charge in [-0.3, -0.25) is 0 Å². The summed E-state index contributed by atoms with van der Waals surface area (Å²) in [6.07, 6.45) is -10.7. The van der Waals surface area contributed by atoms with Crippen molar-refractivity contribution in [2.75, 3.05) is 6.61 Å². The number of aliphatic hydroxyl groups excluding tert-OH is 1. The highest BCUT2D eigenvalue weighted by atomic mass is 19.4. The molecule has 0 aromatic heterocycles. The van der Waals surface area contributed by atoms with E-state index in [0.29, 0.717) is 0 Å². The van der Waals surface area contributed by atoms with E-state index in [2.05, 4.69) is 0 Å². The summed E-state index contributed by atoms with van der Waals surface area (Å²) in [4.78, 5) is 0. The standard InChI is InChI=1S/C15H17F7O2/c1-9(2)8-24-11-5-3-4-10(6-11)12(23)7-13(16,17)14(18,19)15(20,21)22/h3-6,9,12,23H,7-8H2,1-2H3. The maximum absolute atomic E-state index is 13.3. The van der Waals surface area contributed by atoms with E-state index in [1.807, 2.05) is 13.8 Å². The predicted octanol–water partition coefficient (Wildman–Crippen LogP) is 4.98. The quantitative estimate of drug-likeness (QED) is 0.694. The van der Waals surface area contributed by atoms with Crippen LogP contribution in [0.5, 0.6) is 5.75 Å². The summed E-state index contributed by atoms with van der Waals surface area (Å²) in [7, 11) is 0. The second kappa shape index (κ2) is 7.16. The van der Waals surface area contributed by atoms with Gasteiger partial charge >= 0.3 is 18.0 Å². The maximum atomic E-state index is 13.3. The highest BCUT2D eigenvalue weighted by Crippen LogP contribution is 2.49. The van der Waals surface area contributed by atoms with Gasteiger partial charge < -0.3 is 9.84 Å². The van der Waals surface area contributed by atoms with Crippen molar-refractivity contribution in [2.45, 2.75) is 44.4 Å². The molecule has 1 atom stereocenters. The van der Waals surface area contributed by atoms with Gasteiger partial charge in [-0.1, -0.05) is 26.0 Å². The van der Waals surface area contributed by atoms with Gasteiger partial charge in [0.2, 0.25) is 0 Å². The van der Waals surface area contributed by atoms with Gasteiger partial charge in [0.15, 0.2) is 0 Å². The Balaban J connectivity index is 2.91. The average Bonchev–Trinajstić information content (AvgIpc) is 2.43.